The summed E-state index contributed by atoms with van der Waals surface area (Å²) >= 11 is 0. The summed E-state index contributed by atoms with van der Waals surface area (Å²) in [4.78, 5) is 2.35. The number of rotatable bonds is 3. The maximum atomic E-state index is 2.39. The van der Waals surface area contributed by atoms with E-state index in [-0.39, 0.29) is 0 Å². The molecule has 1 aliphatic rings. The molecule has 2 rings (SSSR count). The van der Waals surface area contributed by atoms with Crippen LogP contribution in [0, 0.1) is 0 Å². The van der Waals surface area contributed by atoms with Gasteiger partial charge in [-0.3, -0.25) is 0 Å². The van der Waals surface area contributed by atoms with E-state index in [1.165, 1.54) is 24.8 Å². The van der Waals surface area contributed by atoms with Gasteiger partial charge in [-0.25, -0.2) is 0 Å². The van der Waals surface area contributed by atoms with Crippen LogP contribution in [0.1, 0.15) is 31.7 Å². The zero-order valence-electron chi connectivity index (χ0n) is 11.2. The van der Waals surface area contributed by atoms with E-state index >= 15 is 0 Å². The molecule has 1 aromatic rings. The SMILES string of the molecule is CCC1(c2ccccc2)CCC=CC1N(C)C. The molecule has 1 nitrogen and oxygen atoms in total. The lowest BCUT2D eigenvalue weighted by Gasteiger charge is -2.45. The fourth-order valence-corrected chi connectivity index (χ4v) is 3.24. The molecule has 0 saturated carbocycles. The zero-order chi connectivity index (χ0) is 12.3. The molecule has 0 bridgehead atoms. The highest BCUT2D eigenvalue weighted by Crippen LogP contribution is 2.41. The number of nitrogens with zero attached hydrogens (tertiary/aromatic N) is 1. The fourth-order valence-electron chi connectivity index (χ4n) is 3.24. The third-order valence-corrected chi connectivity index (χ3v) is 4.18. The first-order valence-electron chi connectivity index (χ1n) is 6.59. The van der Waals surface area contributed by atoms with Gasteiger partial charge in [0.25, 0.3) is 0 Å². The predicted molar refractivity (Wildman–Crippen MR) is 74.3 cm³/mol. The Morgan fingerprint density at radius 3 is 2.53 bits per heavy atom. The Bertz CT molecular complexity index is 380. The van der Waals surface area contributed by atoms with Gasteiger partial charge in [0, 0.05) is 11.5 Å². The number of benzene rings is 1. The van der Waals surface area contributed by atoms with E-state index in [9.17, 15) is 0 Å². The molecular weight excluding hydrogens is 206 g/mol. The Labute approximate surface area is 105 Å². The summed E-state index contributed by atoms with van der Waals surface area (Å²) in [5, 5.41) is 0. The molecule has 0 aromatic heterocycles. The average Bonchev–Trinajstić information content (AvgIpc) is 2.39. The smallest absolute Gasteiger partial charge is 0.0369 e. The molecule has 0 fully saturated rings. The van der Waals surface area contributed by atoms with E-state index in [0.717, 1.165) is 0 Å². The van der Waals surface area contributed by atoms with E-state index in [4.69, 9.17) is 0 Å². The van der Waals surface area contributed by atoms with Crippen molar-refractivity contribution in [2.75, 3.05) is 14.1 Å². The van der Waals surface area contributed by atoms with Gasteiger partial charge in [0.1, 0.15) is 0 Å². The van der Waals surface area contributed by atoms with Gasteiger partial charge in [0.2, 0.25) is 0 Å². The Morgan fingerprint density at radius 2 is 1.94 bits per heavy atom. The molecule has 0 heterocycles. The van der Waals surface area contributed by atoms with Crippen molar-refractivity contribution in [3.63, 3.8) is 0 Å². The summed E-state index contributed by atoms with van der Waals surface area (Å²) in [6.45, 7) is 2.32. The van der Waals surface area contributed by atoms with Crippen LogP contribution >= 0.6 is 0 Å². The second-order valence-corrected chi connectivity index (χ2v) is 5.25. The van der Waals surface area contributed by atoms with Crippen molar-refractivity contribution in [2.24, 2.45) is 0 Å². The Kier molecular flexibility index (Phi) is 3.68. The molecular formula is C16H23N. The molecule has 0 radical (unpaired) electrons. The third-order valence-electron chi connectivity index (χ3n) is 4.18. The topological polar surface area (TPSA) is 3.24 Å². The van der Waals surface area contributed by atoms with Gasteiger partial charge in [0.05, 0.1) is 0 Å². The van der Waals surface area contributed by atoms with Crippen molar-refractivity contribution >= 4 is 0 Å². The van der Waals surface area contributed by atoms with Crippen LogP contribution in [0.5, 0.6) is 0 Å². The Morgan fingerprint density at radius 1 is 1.24 bits per heavy atom. The summed E-state index contributed by atoms with van der Waals surface area (Å²) in [5.41, 5.74) is 1.78. The standard InChI is InChI=1S/C16H23N/c1-4-16(14-10-6-5-7-11-14)13-9-8-12-15(16)17(2)3/h5-8,10-12,15H,4,9,13H2,1-3H3. The molecule has 0 spiro atoms. The van der Waals surface area contributed by atoms with Crippen molar-refractivity contribution in [3.8, 4) is 0 Å². The summed E-state index contributed by atoms with van der Waals surface area (Å²) in [6, 6.07) is 11.5. The monoisotopic (exact) mass is 229 g/mol. The fraction of sp³-hybridized carbons (Fsp3) is 0.500. The summed E-state index contributed by atoms with van der Waals surface area (Å²) < 4.78 is 0. The third kappa shape index (κ3) is 2.16. The molecule has 2 atom stereocenters. The van der Waals surface area contributed by atoms with Crippen LogP contribution in [0.4, 0.5) is 0 Å². The molecule has 1 aromatic carbocycles. The second-order valence-electron chi connectivity index (χ2n) is 5.25. The average molecular weight is 229 g/mol. The Hall–Kier alpha value is -1.08. The summed E-state index contributed by atoms with van der Waals surface area (Å²) in [5.74, 6) is 0. The molecule has 0 aliphatic heterocycles. The molecule has 17 heavy (non-hydrogen) atoms. The van der Waals surface area contributed by atoms with Gasteiger partial charge < -0.3 is 4.90 Å². The minimum absolute atomic E-state index is 0.291. The van der Waals surface area contributed by atoms with Crippen LogP contribution in [0.25, 0.3) is 0 Å². The largest absolute Gasteiger partial charge is 0.302 e. The lowest BCUT2D eigenvalue weighted by atomic mass is 9.66. The number of allylic oxidation sites excluding steroid dienone is 1. The predicted octanol–water partition coefficient (Wildman–Crippen LogP) is 3.61. The summed E-state index contributed by atoms with van der Waals surface area (Å²) in [6.07, 6.45) is 8.38. The lowest BCUT2D eigenvalue weighted by molar-refractivity contribution is 0.188. The van der Waals surface area contributed by atoms with Gasteiger partial charge in [-0.1, -0.05) is 49.4 Å². The van der Waals surface area contributed by atoms with Crippen LogP contribution in [0.2, 0.25) is 0 Å². The van der Waals surface area contributed by atoms with Crippen LogP contribution < -0.4 is 0 Å². The molecule has 0 N–H and O–H groups in total. The van der Waals surface area contributed by atoms with E-state index in [2.05, 4.69) is 68.4 Å². The first-order valence-corrected chi connectivity index (χ1v) is 6.59. The van der Waals surface area contributed by atoms with Crippen LogP contribution in [-0.4, -0.2) is 25.0 Å². The van der Waals surface area contributed by atoms with Gasteiger partial charge in [-0.2, -0.15) is 0 Å². The zero-order valence-corrected chi connectivity index (χ0v) is 11.2. The van der Waals surface area contributed by atoms with Crippen molar-refractivity contribution in [2.45, 2.75) is 37.6 Å². The van der Waals surface area contributed by atoms with E-state index in [1.807, 2.05) is 0 Å². The van der Waals surface area contributed by atoms with Crippen molar-refractivity contribution < 1.29 is 0 Å². The first kappa shape index (κ1) is 12.4. The van der Waals surface area contributed by atoms with Gasteiger partial charge >= 0.3 is 0 Å². The molecule has 0 saturated heterocycles. The van der Waals surface area contributed by atoms with E-state index in [1.54, 1.807) is 0 Å². The quantitative estimate of drug-likeness (QED) is 0.716. The highest BCUT2D eigenvalue weighted by Gasteiger charge is 2.39. The van der Waals surface area contributed by atoms with E-state index in [0.29, 0.717) is 11.5 Å². The molecule has 1 aliphatic carbocycles. The van der Waals surface area contributed by atoms with Crippen molar-refractivity contribution in [1.82, 2.24) is 4.90 Å². The first-order chi connectivity index (χ1) is 8.20. The summed E-state index contributed by atoms with van der Waals surface area (Å²) in [7, 11) is 4.38. The molecule has 2 unspecified atom stereocenters. The van der Waals surface area contributed by atoms with Gasteiger partial charge in [-0.05, 0) is 38.9 Å². The lowest BCUT2D eigenvalue weighted by Crippen LogP contribution is -2.47. The molecule has 92 valence electrons. The maximum absolute atomic E-state index is 2.39. The molecule has 1 heteroatoms. The van der Waals surface area contributed by atoms with Crippen LogP contribution in [-0.2, 0) is 5.41 Å². The maximum Gasteiger partial charge on any atom is 0.0369 e. The second kappa shape index (κ2) is 5.05. The van der Waals surface area contributed by atoms with Crippen molar-refractivity contribution in [1.29, 1.82) is 0 Å². The van der Waals surface area contributed by atoms with Crippen LogP contribution in [0.3, 0.4) is 0 Å². The van der Waals surface area contributed by atoms with Gasteiger partial charge in [-0.15, -0.1) is 0 Å². The normalized spacial score (nSPS) is 28.6. The minimum atomic E-state index is 0.291. The number of hydrogen-bond donors (Lipinski definition) is 0. The number of hydrogen-bond acceptors (Lipinski definition) is 1. The van der Waals surface area contributed by atoms with Gasteiger partial charge in [0.15, 0.2) is 0 Å². The van der Waals surface area contributed by atoms with E-state index < -0.39 is 0 Å². The molecule has 0 amide bonds. The van der Waals surface area contributed by atoms with Crippen molar-refractivity contribution in [3.05, 3.63) is 48.0 Å². The van der Waals surface area contributed by atoms with Crippen LogP contribution in [0.15, 0.2) is 42.5 Å². The highest BCUT2D eigenvalue weighted by atomic mass is 15.1. The minimum Gasteiger partial charge on any atom is -0.302 e. The number of likely N-dealkylation sites (N-methyl/N-ethyl adjacent to an activating group) is 1. The Balaban J connectivity index is 2.45. The highest BCUT2D eigenvalue weighted by molar-refractivity contribution is 5.31.